The largest absolute Gasteiger partial charge is 0.351 e. The normalized spacial score (nSPS) is 23.0. The molecule has 2 rings (SSSR count). The highest BCUT2D eigenvalue weighted by Crippen LogP contribution is 2.40. The fourth-order valence-electron chi connectivity index (χ4n) is 2.10. The van der Waals surface area contributed by atoms with Gasteiger partial charge in [0.1, 0.15) is 6.04 Å². The lowest BCUT2D eigenvalue weighted by atomic mass is 10.1. The van der Waals surface area contributed by atoms with Crippen molar-refractivity contribution in [1.82, 2.24) is 10.6 Å². The van der Waals surface area contributed by atoms with Gasteiger partial charge in [-0.1, -0.05) is 30.3 Å². The van der Waals surface area contributed by atoms with Crippen molar-refractivity contribution in [2.75, 3.05) is 0 Å². The van der Waals surface area contributed by atoms with Crippen LogP contribution in [0.2, 0.25) is 0 Å². The number of amides is 2. The Morgan fingerprint density at radius 2 is 1.94 bits per heavy atom. The molecule has 2 N–H and O–H groups in total. The van der Waals surface area contributed by atoms with E-state index in [-0.39, 0.29) is 17.9 Å². The number of carbonyl (C=O) groups excluding carboxylic acids is 2. The number of hydrogen-bond acceptors (Lipinski definition) is 2. The van der Waals surface area contributed by atoms with Gasteiger partial charge >= 0.3 is 0 Å². The molecule has 4 heteroatoms. The van der Waals surface area contributed by atoms with Gasteiger partial charge in [0.05, 0.1) is 0 Å². The summed E-state index contributed by atoms with van der Waals surface area (Å²) in [4.78, 5) is 22.6. The second-order valence-corrected chi connectivity index (χ2v) is 4.79. The third kappa shape index (κ3) is 3.09. The van der Waals surface area contributed by atoms with Crippen LogP contribution in [0.1, 0.15) is 31.7 Å². The van der Waals surface area contributed by atoms with E-state index in [0.717, 1.165) is 6.42 Å². The van der Waals surface area contributed by atoms with E-state index in [1.54, 1.807) is 6.92 Å². The summed E-state index contributed by atoms with van der Waals surface area (Å²) in [5.41, 5.74) is 1.26. The van der Waals surface area contributed by atoms with Crippen molar-refractivity contribution in [2.24, 2.45) is 0 Å². The standard InChI is InChI=1S/C14H18N2O2/c1-9(15-10(2)17)14(18)16-13-8-12(13)11-6-4-3-5-7-11/h3-7,9,12-13H,8H2,1-2H3,(H,15,17)(H,16,18)/t9-,12+,13+/m1/s1. The summed E-state index contributed by atoms with van der Waals surface area (Å²) < 4.78 is 0. The molecule has 0 radical (unpaired) electrons. The first kappa shape index (κ1) is 12.6. The molecule has 0 unspecified atom stereocenters. The van der Waals surface area contributed by atoms with Crippen LogP contribution in [0.3, 0.4) is 0 Å². The van der Waals surface area contributed by atoms with E-state index in [2.05, 4.69) is 22.8 Å². The zero-order chi connectivity index (χ0) is 13.1. The van der Waals surface area contributed by atoms with Gasteiger partial charge in [0, 0.05) is 18.9 Å². The fraction of sp³-hybridized carbons (Fsp3) is 0.429. The molecule has 1 aromatic carbocycles. The highest BCUT2D eigenvalue weighted by molar-refractivity contribution is 5.86. The lowest BCUT2D eigenvalue weighted by molar-refractivity contribution is -0.127. The smallest absolute Gasteiger partial charge is 0.242 e. The first-order valence-corrected chi connectivity index (χ1v) is 6.20. The topological polar surface area (TPSA) is 58.2 Å². The van der Waals surface area contributed by atoms with Crippen LogP contribution < -0.4 is 10.6 Å². The molecule has 0 spiro atoms. The molecule has 0 bridgehead atoms. The summed E-state index contributed by atoms with van der Waals surface area (Å²) >= 11 is 0. The van der Waals surface area contributed by atoms with Gasteiger partial charge in [-0.3, -0.25) is 9.59 Å². The van der Waals surface area contributed by atoms with Crippen LogP contribution in [-0.4, -0.2) is 23.9 Å². The fourth-order valence-corrected chi connectivity index (χ4v) is 2.10. The van der Waals surface area contributed by atoms with Crippen molar-refractivity contribution in [2.45, 2.75) is 38.3 Å². The maximum absolute atomic E-state index is 11.8. The number of hydrogen-bond donors (Lipinski definition) is 2. The lowest BCUT2D eigenvalue weighted by Gasteiger charge is -2.12. The molecule has 18 heavy (non-hydrogen) atoms. The predicted molar refractivity (Wildman–Crippen MR) is 69.0 cm³/mol. The van der Waals surface area contributed by atoms with Gasteiger partial charge in [-0.25, -0.2) is 0 Å². The lowest BCUT2D eigenvalue weighted by Crippen LogP contribution is -2.45. The quantitative estimate of drug-likeness (QED) is 0.838. The number of rotatable bonds is 4. The van der Waals surface area contributed by atoms with E-state index < -0.39 is 6.04 Å². The van der Waals surface area contributed by atoms with Crippen molar-refractivity contribution in [1.29, 1.82) is 0 Å². The number of benzene rings is 1. The summed E-state index contributed by atoms with van der Waals surface area (Å²) in [6.45, 7) is 3.10. The van der Waals surface area contributed by atoms with Crippen molar-refractivity contribution in [3.8, 4) is 0 Å². The van der Waals surface area contributed by atoms with Gasteiger partial charge in [-0.05, 0) is 18.9 Å². The third-order valence-corrected chi connectivity index (χ3v) is 3.16. The molecular formula is C14H18N2O2. The molecule has 96 valence electrons. The first-order valence-electron chi connectivity index (χ1n) is 6.20. The summed E-state index contributed by atoms with van der Waals surface area (Å²) in [5.74, 6) is 0.112. The third-order valence-electron chi connectivity index (χ3n) is 3.16. The summed E-state index contributed by atoms with van der Waals surface area (Å²) in [7, 11) is 0. The van der Waals surface area contributed by atoms with Gasteiger partial charge < -0.3 is 10.6 Å². The first-order chi connectivity index (χ1) is 8.58. The predicted octanol–water partition coefficient (Wildman–Crippen LogP) is 1.18. The molecule has 3 atom stereocenters. The molecule has 0 heterocycles. The van der Waals surface area contributed by atoms with Gasteiger partial charge in [0.2, 0.25) is 11.8 Å². The van der Waals surface area contributed by atoms with Gasteiger partial charge in [-0.2, -0.15) is 0 Å². The van der Waals surface area contributed by atoms with E-state index in [4.69, 9.17) is 0 Å². The Morgan fingerprint density at radius 3 is 2.56 bits per heavy atom. The van der Waals surface area contributed by atoms with E-state index in [1.807, 2.05) is 18.2 Å². The zero-order valence-corrected chi connectivity index (χ0v) is 10.6. The van der Waals surface area contributed by atoms with Gasteiger partial charge in [0.25, 0.3) is 0 Å². The molecule has 0 aliphatic heterocycles. The summed E-state index contributed by atoms with van der Waals surface area (Å²) in [5, 5.41) is 5.53. The van der Waals surface area contributed by atoms with E-state index in [0.29, 0.717) is 5.92 Å². The summed E-state index contributed by atoms with van der Waals surface area (Å²) in [6, 6.07) is 9.88. The van der Waals surface area contributed by atoms with E-state index in [1.165, 1.54) is 12.5 Å². The second kappa shape index (κ2) is 5.21. The molecule has 0 saturated heterocycles. The Hall–Kier alpha value is -1.84. The molecule has 1 aliphatic rings. The van der Waals surface area contributed by atoms with Crippen molar-refractivity contribution < 1.29 is 9.59 Å². The summed E-state index contributed by atoms with van der Waals surface area (Å²) in [6.07, 6.45) is 0.975. The van der Waals surface area contributed by atoms with Crippen molar-refractivity contribution in [3.63, 3.8) is 0 Å². The zero-order valence-electron chi connectivity index (χ0n) is 10.6. The maximum Gasteiger partial charge on any atom is 0.242 e. The minimum Gasteiger partial charge on any atom is -0.351 e. The van der Waals surface area contributed by atoms with Crippen LogP contribution in [-0.2, 0) is 9.59 Å². The Morgan fingerprint density at radius 1 is 1.28 bits per heavy atom. The Bertz CT molecular complexity index is 444. The van der Waals surface area contributed by atoms with Gasteiger partial charge in [0.15, 0.2) is 0 Å². The van der Waals surface area contributed by atoms with Crippen LogP contribution in [0.25, 0.3) is 0 Å². The van der Waals surface area contributed by atoms with Crippen LogP contribution in [0, 0.1) is 0 Å². The SMILES string of the molecule is CC(=O)N[C@H](C)C(=O)N[C@H]1C[C@H]1c1ccccc1. The average Bonchev–Trinajstić information content (AvgIpc) is 3.08. The molecule has 1 saturated carbocycles. The minimum atomic E-state index is -0.473. The van der Waals surface area contributed by atoms with Crippen LogP contribution in [0.4, 0.5) is 0 Å². The Labute approximate surface area is 107 Å². The minimum absolute atomic E-state index is 0.117. The monoisotopic (exact) mass is 246 g/mol. The molecule has 1 aromatic rings. The second-order valence-electron chi connectivity index (χ2n) is 4.79. The molecule has 1 fully saturated rings. The molecule has 2 amide bonds. The van der Waals surface area contributed by atoms with Gasteiger partial charge in [-0.15, -0.1) is 0 Å². The molecule has 0 aromatic heterocycles. The van der Waals surface area contributed by atoms with E-state index in [9.17, 15) is 9.59 Å². The molecule has 1 aliphatic carbocycles. The van der Waals surface area contributed by atoms with Crippen molar-refractivity contribution in [3.05, 3.63) is 35.9 Å². The highest BCUT2D eigenvalue weighted by atomic mass is 16.2. The van der Waals surface area contributed by atoms with Crippen molar-refractivity contribution >= 4 is 11.8 Å². The van der Waals surface area contributed by atoms with Crippen LogP contribution in [0.5, 0.6) is 0 Å². The number of nitrogens with one attached hydrogen (secondary N) is 2. The number of carbonyl (C=O) groups is 2. The van der Waals surface area contributed by atoms with Crippen LogP contribution >= 0.6 is 0 Å². The highest BCUT2D eigenvalue weighted by Gasteiger charge is 2.39. The maximum atomic E-state index is 11.8. The van der Waals surface area contributed by atoms with Crippen LogP contribution in [0.15, 0.2) is 30.3 Å². The molecule has 4 nitrogen and oxygen atoms in total. The van der Waals surface area contributed by atoms with E-state index >= 15 is 0 Å². The molecular weight excluding hydrogens is 228 g/mol. The Balaban J connectivity index is 1.83. The Kier molecular flexibility index (Phi) is 3.65. The average molecular weight is 246 g/mol.